The van der Waals surface area contributed by atoms with Gasteiger partial charge in [0.05, 0.1) is 27.2 Å². The predicted octanol–water partition coefficient (Wildman–Crippen LogP) is 6.94. The van der Waals surface area contributed by atoms with Crippen LogP contribution in [0.4, 0.5) is 5.69 Å². The van der Waals surface area contributed by atoms with Crippen LogP contribution in [0.2, 0.25) is 10.0 Å². The first-order valence-corrected chi connectivity index (χ1v) is 9.16. The van der Waals surface area contributed by atoms with Crippen molar-refractivity contribution in [2.45, 2.75) is 16.6 Å². The Bertz CT molecular complexity index is 905. The normalized spacial score (nSPS) is 17.1. The Morgan fingerprint density at radius 1 is 1.00 bits per heavy atom. The Kier molecular flexibility index (Phi) is 4.40. The molecule has 0 spiro atoms. The highest BCUT2D eigenvalue weighted by molar-refractivity contribution is 7.99. The van der Waals surface area contributed by atoms with Crippen LogP contribution in [0.25, 0.3) is 0 Å². The van der Waals surface area contributed by atoms with Gasteiger partial charge >= 0.3 is 0 Å². The van der Waals surface area contributed by atoms with Crippen molar-refractivity contribution in [2.24, 2.45) is 4.99 Å². The average molecular weight is 374 g/mol. The third-order valence-corrected chi connectivity index (χ3v) is 5.90. The number of rotatable bonds is 2. The van der Waals surface area contributed by atoms with E-state index in [1.54, 1.807) is 18.0 Å². The van der Waals surface area contributed by atoms with Gasteiger partial charge in [-0.3, -0.25) is 4.99 Å². The number of aliphatic imine (C=N–C) groups is 1. The molecule has 0 radical (unpaired) electrons. The van der Waals surface area contributed by atoms with Crippen molar-refractivity contribution in [3.05, 3.63) is 82.2 Å². The topological polar surface area (TPSA) is 25.5 Å². The van der Waals surface area contributed by atoms with Crippen LogP contribution in [0.5, 0.6) is 0 Å². The molecule has 2 aromatic carbocycles. The van der Waals surface area contributed by atoms with E-state index in [2.05, 4.69) is 6.07 Å². The number of nitrogens with zero attached hydrogens (tertiary/aromatic N) is 1. The molecule has 1 aromatic heterocycles. The van der Waals surface area contributed by atoms with Crippen LogP contribution in [0.1, 0.15) is 23.0 Å². The van der Waals surface area contributed by atoms with E-state index < -0.39 is 0 Å². The van der Waals surface area contributed by atoms with Gasteiger partial charge in [-0.05, 0) is 42.0 Å². The Hall–Kier alpha value is -1.68. The van der Waals surface area contributed by atoms with Crippen molar-refractivity contribution < 1.29 is 4.42 Å². The van der Waals surface area contributed by atoms with Crippen molar-refractivity contribution in [3.63, 3.8) is 0 Å². The Morgan fingerprint density at radius 2 is 1.88 bits per heavy atom. The fourth-order valence-electron chi connectivity index (χ4n) is 2.70. The molecule has 2 nitrogen and oxygen atoms in total. The summed E-state index contributed by atoms with van der Waals surface area (Å²) >= 11 is 14.0. The van der Waals surface area contributed by atoms with Gasteiger partial charge in [0.15, 0.2) is 0 Å². The second kappa shape index (κ2) is 6.67. The summed E-state index contributed by atoms with van der Waals surface area (Å²) in [6.45, 7) is 0. The lowest BCUT2D eigenvalue weighted by atomic mass is 10.0. The highest BCUT2D eigenvalue weighted by Gasteiger charge is 2.24. The molecule has 120 valence electrons. The van der Waals surface area contributed by atoms with Crippen LogP contribution >= 0.6 is 35.0 Å². The maximum atomic E-state index is 6.20. The lowest BCUT2D eigenvalue weighted by molar-refractivity contribution is 0.508. The number of fused-ring (bicyclic) bond motifs is 1. The van der Waals surface area contributed by atoms with Gasteiger partial charge in [0, 0.05) is 17.0 Å². The minimum atomic E-state index is 0.164. The first kappa shape index (κ1) is 15.8. The van der Waals surface area contributed by atoms with Gasteiger partial charge < -0.3 is 4.42 Å². The first-order valence-electron chi connectivity index (χ1n) is 7.53. The summed E-state index contributed by atoms with van der Waals surface area (Å²) in [6.07, 6.45) is 2.47. The van der Waals surface area contributed by atoms with Crippen LogP contribution in [-0.2, 0) is 0 Å². The summed E-state index contributed by atoms with van der Waals surface area (Å²) in [7, 11) is 0. The summed E-state index contributed by atoms with van der Waals surface area (Å²) in [5.74, 6) is 0.949. The molecule has 2 heterocycles. The fourth-order valence-corrected chi connectivity index (χ4v) is 4.19. The number of halogens is 2. The number of para-hydroxylation sites is 1. The zero-order chi connectivity index (χ0) is 16.5. The minimum Gasteiger partial charge on any atom is -0.468 e. The molecule has 0 N–H and O–H groups in total. The van der Waals surface area contributed by atoms with E-state index in [1.165, 1.54) is 0 Å². The Labute approximate surface area is 154 Å². The van der Waals surface area contributed by atoms with E-state index in [0.717, 1.165) is 34.0 Å². The van der Waals surface area contributed by atoms with E-state index >= 15 is 0 Å². The molecule has 24 heavy (non-hydrogen) atoms. The van der Waals surface area contributed by atoms with E-state index in [0.29, 0.717) is 10.0 Å². The molecule has 1 atom stereocenters. The summed E-state index contributed by atoms with van der Waals surface area (Å²) in [4.78, 5) is 6.04. The van der Waals surface area contributed by atoms with Crippen LogP contribution in [0, 0.1) is 0 Å². The van der Waals surface area contributed by atoms with E-state index in [4.69, 9.17) is 32.6 Å². The van der Waals surface area contributed by atoms with Crippen LogP contribution in [0.15, 0.2) is 75.2 Å². The molecule has 1 aliphatic rings. The van der Waals surface area contributed by atoms with Crippen LogP contribution in [-0.4, -0.2) is 5.71 Å². The standard InChI is InChI=1S/C19H13Cl2NOS/c20-13-8-7-12(10-14(13)21)16-11-19(17-5-3-9-23-17)24-18-6-2-1-4-15(18)22-16/h1-10,19H,11H2/t19-/m1/s1. The third kappa shape index (κ3) is 3.12. The fraction of sp³-hybridized carbons (Fsp3) is 0.105. The number of hydrogen-bond donors (Lipinski definition) is 0. The second-order valence-electron chi connectivity index (χ2n) is 5.48. The summed E-state index contributed by atoms with van der Waals surface area (Å²) in [5, 5.41) is 1.25. The van der Waals surface area contributed by atoms with E-state index in [9.17, 15) is 0 Å². The van der Waals surface area contributed by atoms with Crippen molar-refractivity contribution >= 4 is 46.4 Å². The highest BCUT2D eigenvalue weighted by atomic mass is 35.5. The smallest absolute Gasteiger partial charge is 0.117 e. The summed E-state index contributed by atoms with van der Waals surface area (Å²) in [6, 6.07) is 17.7. The van der Waals surface area contributed by atoms with E-state index in [1.807, 2.05) is 48.5 Å². The maximum absolute atomic E-state index is 6.20. The Morgan fingerprint density at radius 3 is 2.67 bits per heavy atom. The molecular weight excluding hydrogens is 361 g/mol. The molecule has 5 heteroatoms. The van der Waals surface area contributed by atoms with Crippen molar-refractivity contribution in [2.75, 3.05) is 0 Å². The summed E-state index contributed by atoms with van der Waals surface area (Å²) in [5.41, 5.74) is 2.93. The zero-order valence-electron chi connectivity index (χ0n) is 12.6. The minimum absolute atomic E-state index is 0.164. The number of hydrogen-bond acceptors (Lipinski definition) is 3. The Balaban J connectivity index is 1.81. The highest BCUT2D eigenvalue weighted by Crippen LogP contribution is 2.45. The predicted molar refractivity (Wildman–Crippen MR) is 101 cm³/mol. The van der Waals surface area contributed by atoms with Gasteiger partial charge in [-0.1, -0.05) is 41.4 Å². The molecule has 0 fully saturated rings. The molecule has 0 unspecified atom stereocenters. The number of furan rings is 1. The van der Waals surface area contributed by atoms with Crippen LogP contribution < -0.4 is 0 Å². The van der Waals surface area contributed by atoms with Crippen molar-refractivity contribution in [3.8, 4) is 0 Å². The monoisotopic (exact) mass is 373 g/mol. The van der Waals surface area contributed by atoms with Crippen LogP contribution in [0.3, 0.4) is 0 Å². The maximum Gasteiger partial charge on any atom is 0.117 e. The lowest BCUT2D eigenvalue weighted by Crippen LogP contribution is -2.05. The molecule has 0 bridgehead atoms. The van der Waals surface area contributed by atoms with Gasteiger partial charge in [-0.15, -0.1) is 11.8 Å². The molecule has 1 aliphatic heterocycles. The molecule has 0 aliphatic carbocycles. The average Bonchev–Trinajstić information content (AvgIpc) is 3.05. The molecule has 0 amide bonds. The second-order valence-corrected chi connectivity index (χ2v) is 7.54. The third-order valence-electron chi connectivity index (χ3n) is 3.88. The van der Waals surface area contributed by atoms with Gasteiger partial charge in [-0.2, -0.15) is 0 Å². The molecular formula is C19H13Cl2NOS. The molecule has 3 aromatic rings. The largest absolute Gasteiger partial charge is 0.468 e. The van der Waals surface area contributed by atoms with Crippen molar-refractivity contribution in [1.82, 2.24) is 0 Å². The molecule has 0 saturated carbocycles. The SMILES string of the molecule is Clc1ccc(C2=Nc3ccccc3S[C@@H](c3ccco3)C2)cc1Cl. The number of benzene rings is 2. The lowest BCUT2D eigenvalue weighted by Gasteiger charge is -2.13. The molecule has 0 saturated heterocycles. The van der Waals surface area contributed by atoms with Crippen molar-refractivity contribution in [1.29, 1.82) is 0 Å². The number of thioether (sulfide) groups is 1. The summed E-state index contributed by atoms with van der Waals surface area (Å²) < 4.78 is 5.65. The first-order chi connectivity index (χ1) is 11.7. The van der Waals surface area contributed by atoms with Gasteiger partial charge in [0.1, 0.15) is 5.76 Å². The van der Waals surface area contributed by atoms with Gasteiger partial charge in [0.25, 0.3) is 0 Å². The van der Waals surface area contributed by atoms with E-state index in [-0.39, 0.29) is 5.25 Å². The van der Waals surface area contributed by atoms with Gasteiger partial charge in [-0.25, -0.2) is 0 Å². The quantitative estimate of drug-likeness (QED) is 0.485. The molecule has 4 rings (SSSR count). The van der Waals surface area contributed by atoms with Gasteiger partial charge in [0.2, 0.25) is 0 Å². The zero-order valence-corrected chi connectivity index (χ0v) is 14.9.